The fraction of sp³-hybridized carbons (Fsp3) is 0.174. The van der Waals surface area contributed by atoms with E-state index in [1.165, 1.54) is 6.08 Å². The number of phenols is 1. The van der Waals surface area contributed by atoms with E-state index < -0.39 is 0 Å². The van der Waals surface area contributed by atoms with Gasteiger partial charge in [-0.25, -0.2) is 0 Å². The van der Waals surface area contributed by atoms with Crippen LogP contribution in [0.25, 0.3) is 16.8 Å². The van der Waals surface area contributed by atoms with Gasteiger partial charge >= 0.3 is 0 Å². The van der Waals surface area contributed by atoms with E-state index in [9.17, 15) is 9.90 Å². The first-order valence-corrected chi connectivity index (χ1v) is 8.96. The highest BCUT2D eigenvalue weighted by Gasteiger charge is 2.11. The number of hydrogen-bond acceptors (Lipinski definition) is 4. The van der Waals surface area contributed by atoms with Crippen LogP contribution in [0.1, 0.15) is 29.8 Å². The number of hydrogen-bond donors (Lipinski definition) is 1. The smallest absolute Gasteiger partial charge is 0.189 e. The van der Waals surface area contributed by atoms with Crippen LogP contribution in [0.5, 0.6) is 17.2 Å². The predicted molar refractivity (Wildman–Crippen MR) is 108 cm³/mol. The Morgan fingerprint density at radius 2 is 1.70 bits per heavy atom. The van der Waals surface area contributed by atoms with Crippen molar-refractivity contribution in [2.45, 2.75) is 13.8 Å². The summed E-state index contributed by atoms with van der Waals surface area (Å²) in [6, 6.07) is 16.4. The topological polar surface area (TPSA) is 55.8 Å². The number of carbonyl (C=O) groups is 1. The molecule has 0 radical (unpaired) electrons. The van der Waals surface area contributed by atoms with Crippen molar-refractivity contribution >= 4 is 22.6 Å². The zero-order chi connectivity index (χ0) is 19.2. The summed E-state index contributed by atoms with van der Waals surface area (Å²) in [5, 5.41) is 12.0. The lowest BCUT2D eigenvalue weighted by atomic mass is 10.0. The average Bonchev–Trinajstić information content (AvgIpc) is 2.69. The summed E-state index contributed by atoms with van der Waals surface area (Å²) in [5.74, 6) is 1.06. The van der Waals surface area contributed by atoms with Gasteiger partial charge in [-0.2, -0.15) is 0 Å². The van der Waals surface area contributed by atoms with Gasteiger partial charge in [-0.15, -0.1) is 0 Å². The molecule has 138 valence electrons. The van der Waals surface area contributed by atoms with Crippen molar-refractivity contribution in [3.63, 3.8) is 0 Å². The van der Waals surface area contributed by atoms with E-state index in [-0.39, 0.29) is 17.1 Å². The summed E-state index contributed by atoms with van der Waals surface area (Å²) in [6.45, 7) is 4.90. The van der Waals surface area contributed by atoms with Gasteiger partial charge < -0.3 is 14.6 Å². The molecule has 0 aliphatic carbocycles. The van der Waals surface area contributed by atoms with Gasteiger partial charge in [0.25, 0.3) is 0 Å². The fourth-order valence-electron chi connectivity index (χ4n) is 2.89. The van der Waals surface area contributed by atoms with Crippen LogP contribution in [0.15, 0.2) is 60.7 Å². The van der Waals surface area contributed by atoms with Crippen molar-refractivity contribution < 1.29 is 19.4 Å². The molecule has 0 heterocycles. The third-order valence-electron chi connectivity index (χ3n) is 4.16. The second-order valence-corrected chi connectivity index (χ2v) is 5.95. The monoisotopic (exact) mass is 362 g/mol. The van der Waals surface area contributed by atoms with E-state index in [2.05, 4.69) is 0 Å². The van der Waals surface area contributed by atoms with Crippen molar-refractivity contribution in [2.75, 3.05) is 13.2 Å². The number of allylic oxidation sites excluding steroid dienone is 1. The van der Waals surface area contributed by atoms with Crippen molar-refractivity contribution in [1.82, 2.24) is 0 Å². The van der Waals surface area contributed by atoms with Gasteiger partial charge in [0.15, 0.2) is 17.3 Å². The minimum Gasteiger partial charge on any atom is -0.507 e. The molecule has 4 heteroatoms. The van der Waals surface area contributed by atoms with Gasteiger partial charge in [0, 0.05) is 5.39 Å². The standard InChI is InChI=1S/C23H22O4/c1-3-26-21-14-10-16(15-22(21)27-4-2)9-13-20(24)19-12-11-17-7-5-6-8-18(17)23(19)25/h5-15,25H,3-4H2,1-2H3. The van der Waals surface area contributed by atoms with Crippen molar-refractivity contribution in [1.29, 1.82) is 0 Å². The normalized spacial score (nSPS) is 11.0. The second-order valence-electron chi connectivity index (χ2n) is 5.95. The maximum absolute atomic E-state index is 12.6. The molecule has 0 aromatic heterocycles. The van der Waals surface area contributed by atoms with Gasteiger partial charge in [-0.3, -0.25) is 4.79 Å². The lowest BCUT2D eigenvalue weighted by Gasteiger charge is -2.11. The molecule has 1 N–H and O–H groups in total. The molecule has 0 aliphatic rings. The number of ether oxygens (including phenoxy) is 2. The highest BCUT2D eigenvalue weighted by atomic mass is 16.5. The number of ketones is 1. The molecular weight excluding hydrogens is 340 g/mol. The Morgan fingerprint density at radius 3 is 2.48 bits per heavy atom. The summed E-state index contributed by atoms with van der Waals surface area (Å²) >= 11 is 0. The van der Waals surface area contributed by atoms with Crippen LogP contribution in [0.2, 0.25) is 0 Å². The average molecular weight is 362 g/mol. The first-order chi connectivity index (χ1) is 13.1. The molecule has 0 fully saturated rings. The minimum absolute atomic E-state index is 0.00412. The number of fused-ring (bicyclic) bond motifs is 1. The molecular formula is C23H22O4. The van der Waals surface area contributed by atoms with Crippen molar-refractivity contribution in [3.05, 3.63) is 71.8 Å². The Balaban J connectivity index is 1.86. The SMILES string of the molecule is CCOc1ccc(C=CC(=O)c2ccc3ccccc3c2O)cc1OCC. The van der Waals surface area contributed by atoms with Crippen LogP contribution in [0, 0.1) is 0 Å². The molecule has 3 aromatic carbocycles. The van der Waals surface area contributed by atoms with Crippen LogP contribution in [-0.2, 0) is 0 Å². The van der Waals surface area contributed by atoms with Gasteiger partial charge in [0.05, 0.1) is 18.8 Å². The van der Waals surface area contributed by atoms with Crippen LogP contribution < -0.4 is 9.47 Å². The lowest BCUT2D eigenvalue weighted by molar-refractivity contribution is 0.104. The molecule has 4 nitrogen and oxygen atoms in total. The molecule has 0 unspecified atom stereocenters. The Bertz CT molecular complexity index is 989. The van der Waals surface area contributed by atoms with Crippen molar-refractivity contribution in [3.8, 4) is 17.2 Å². The van der Waals surface area contributed by atoms with Gasteiger partial charge in [-0.1, -0.05) is 42.5 Å². The predicted octanol–water partition coefficient (Wildman–Crippen LogP) is 5.24. The summed E-state index contributed by atoms with van der Waals surface area (Å²) in [4.78, 5) is 12.6. The van der Waals surface area contributed by atoms with Gasteiger partial charge in [-0.05, 0) is 49.1 Å². The maximum atomic E-state index is 12.6. The molecule has 0 atom stereocenters. The summed E-state index contributed by atoms with van der Waals surface area (Å²) in [7, 11) is 0. The van der Waals surface area contributed by atoms with Crippen LogP contribution in [0.4, 0.5) is 0 Å². The molecule has 3 rings (SSSR count). The van der Waals surface area contributed by atoms with E-state index in [0.717, 1.165) is 10.9 Å². The fourth-order valence-corrected chi connectivity index (χ4v) is 2.89. The third-order valence-corrected chi connectivity index (χ3v) is 4.16. The van der Waals surface area contributed by atoms with E-state index in [0.29, 0.717) is 30.1 Å². The highest BCUT2D eigenvalue weighted by Crippen LogP contribution is 2.30. The zero-order valence-corrected chi connectivity index (χ0v) is 15.4. The molecule has 0 spiro atoms. The second kappa shape index (κ2) is 8.41. The summed E-state index contributed by atoms with van der Waals surface area (Å²) in [5.41, 5.74) is 1.09. The number of carbonyl (C=O) groups excluding carboxylic acids is 1. The number of rotatable bonds is 7. The van der Waals surface area contributed by atoms with E-state index in [1.807, 2.05) is 56.3 Å². The molecule has 0 bridgehead atoms. The Labute approximate surface area is 158 Å². The Morgan fingerprint density at radius 1 is 0.963 bits per heavy atom. The zero-order valence-electron chi connectivity index (χ0n) is 15.4. The largest absolute Gasteiger partial charge is 0.507 e. The maximum Gasteiger partial charge on any atom is 0.189 e. The molecule has 0 saturated carbocycles. The minimum atomic E-state index is -0.259. The van der Waals surface area contributed by atoms with E-state index in [4.69, 9.17) is 9.47 Å². The third kappa shape index (κ3) is 4.11. The van der Waals surface area contributed by atoms with Gasteiger partial charge in [0.2, 0.25) is 0 Å². The molecule has 0 aliphatic heterocycles. The van der Waals surface area contributed by atoms with Crippen LogP contribution in [-0.4, -0.2) is 24.1 Å². The molecule has 3 aromatic rings. The van der Waals surface area contributed by atoms with Crippen LogP contribution >= 0.6 is 0 Å². The van der Waals surface area contributed by atoms with E-state index in [1.54, 1.807) is 18.2 Å². The highest BCUT2D eigenvalue weighted by molar-refractivity contribution is 6.11. The summed E-state index contributed by atoms with van der Waals surface area (Å²) < 4.78 is 11.2. The van der Waals surface area contributed by atoms with Gasteiger partial charge in [0.1, 0.15) is 5.75 Å². The number of benzene rings is 3. The summed E-state index contributed by atoms with van der Waals surface area (Å²) in [6.07, 6.45) is 3.16. The molecule has 0 saturated heterocycles. The quantitative estimate of drug-likeness (QED) is 0.461. The number of phenolic OH excluding ortho intramolecular Hbond substituents is 1. The van der Waals surface area contributed by atoms with Crippen LogP contribution in [0.3, 0.4) is 0 Å². The lowest BCUT2D eigenvalue weighted by Crippen LogP contribution is -1.98. The first kappa shape index (κ1) is 18.5. The van der Waals surface area contributed by atoms with Crippen molar-refractivity contribution in [2.24, 2.45) is 0 Å². The number of aromatic hydroxyl groups is 1. The molecule has 0 amide bonds. The first-order valence-electron chi connectivity index (χ1n) is 8.96. The Hall–Kier alpha value is -3.27. The van der Waals surface area contributed by atoms with E-state index >= 15 is 0 Å². The molecule has 27 heavy (non-hydrogen) atoms. The Kier molecular flexibility index (Phi) is 5.77.